The van der Waals surface area contributed by atoms with Crippen molar-refractivity contribution in [3.8, 4) is 0 Å². The first-order chi connectivity index (χ1) is 7.06. The lowest BCUT2D eigenvalue weighted by Crippen LogP contribution is -2.44. The van der Waals surface area contributed by atoms with Crippen LogP contribution in [-0.2, 0) is 9.53 Å². The van der Waals surface area contributed by atoms with Crippen LogP contribution >= 0.6 is 0 Å². The van der Waals surface area contributed by atoms with Gasteiger partial charge in [0.2, 0.25) is 0 Å². The van der Waals surface area contributed by atoms with Crippen LogP contribution in [0, 0.1) is 5.41 Å². The molecule has 0 aromatic carbocycles. The standard InChI is InChI=1S/C12H21NO3/c1-11(2,3)9(7-8-14)13-10(15)16-12(4,5)6/h7,9H,1-6H3,(H,13,15)/t9-/m1/s1. The number of hydrogen-bond donors (Lipinski definition) is 1. The highest BCUT2D eigenvalue weighted by molar-refractivity contribution is 5.69. The van der Waals surface area contributed by atoms with E-state index in [2.05, 4.69) is 5.32 Å². The second-order valence-corrected chi connectivity index (χ2v) is 5.77. The van der Waals surface area contributed by atoms with Crippen molar-refractivity contribution >= 4 is 12.0 Å². The lowest BCUT2D eigenvalue weighted by Gasteiger charge is -2.29. The lowest BCUT2D eigenvalue weighted by molar-refractivity contribution is 0.0485. The predicted octanol–water partition coefficient (Wildman–Crippen LogP) is 2.31. The van der Waals surface area contributed by atoms with Crippen LogP contribution in [0.4, 0.5) is 4.79 Å². The highest BCUT2D eigenvalue weighted by Crippen LogP contribution is 2.20. The van der Waals surface area contributed by atoms with E-state index in [1.54, 1.807) is 26.7 Å². The fraction of sp³-hybridized carbons (Fsp3) is 0.750. The molecule has 0 fully saturated rings. The van der Waals surface area contributed by atoms with Crippen LogP contribution in [-0.4, -0.2) is 23.7 Å². The summed E-state index contributed by atoms with van der Waals surface area (Å²) in [6, 6.07) is -0.389. The van der Waals surface area contributed by atoms with Crippen LogP contribution in [0.5, 0.6) is 0 Å². The minimum Gasteiger partial charge on any atom is -0.444 e. The first-order valence-electron chi connectivity index (χ1n) is 5.27. The van der Waals surface area contributed by atoms with E-state index in [9.17, 15) is 9.59 Å². The van der Waals surface area contributed by atoms with E-state index in [1.807, 2.05) is 20.8 Å². The van der Waals surface area contributed by atoms with Crippen LogP contribution in [0.1, 0.15) is 41.5 Å². The van der Waals surface area contributed by atoms with Gasteiger partial charge in [-0.15, -0.1) is 0 Å². The third-order valence-corrected chi connectivity index (χ3v) is 1.84. The summed E-state index contributed by atoms with van der Waals surface area (Å²) in [5, 5.41) is 2.64. The monoisotopic (exact) mass is 227 g/mol. The Morgan fingerprint density at radius 2 is 1.75 bits per heavy atom. The molecule has 0 saturated heterocycles. The van der Waals surface area contributed by atoms with E-state index in [-0.39, 0.29) is 11.5 Å². The molecule has 0 aromatic rings. The first-order valence-corrected chi connectivity index (χ1v) is 5.27. The van der Waals surface area contributed by atoms with Crippen molar-refractivity contribution in [1.29, 1.82) is 0 Å². The Labute approximate surface area is 97.1 Å². The van der Waals surface area contributed by atoms with Gasteiger partial charge in [-0.3, -0.25) is 0 Å². The third-order valence-electron chi connectivity index (χ3n) is 1.84. The van der Waals surface area contributed by atoms with Gasteiger partial charge in [-0.1, -0.05) is 20.8 Å². The summed E-state index contributed by atoms with van der Waals surface area (Å²) in [5.41, 5.74) is -0.800. The van der Waals surface area contributed by atoms with Crippen molar-refractivity contribution in [2.24, 2.45) is 5.41 Å². The lowest BCUT2D eigenvalue weighted by atomic mass is 9.87. The zero-order valence-electron chi connectivity index (χ0n) is 10.9. The molecule has 0 bridgehead atoms. The molecule has 0 aliphatic rings. The Bertz CT molecular complexity index is 290. The topological polar surface area (TPSA) is 55.4 Å². The van der Waals surface area contributed by atoms with Gasteiger partial charge in [0, 0.05) is 6.08 Å². The molecule has 0 radical (unpaired) electrons. The van der Waals surface area contributed by atoms with Gasteiger partial charge in [0.25, 0.3) is 0 Å². The van der Waals surface area contributed by atoms with Crippen molar-refractivity contribution in [2.45, 2.75) is 53.2 Å². The predicted molar refractivity (Wildman–Crippen MR) is 62.9 cm³/mol. The van der Waals surface area contributed by atoms with Crippen molar-refractivity contribution < 1.29 is 14.3 Å². The van der Waals surface area contributed by atoms with Gasteiger partial charge in [-0.05, 0) is 26.2 Å². The average molecular weight is 227 g/mol. The Hall–Kier alpha value is -1.28. The highest BCUT2D eigenvalue weighted by atomic mass is 16.6. The molecule has 4 heteroatoms. The van der Waals surface area contributed by atoms with Gasteiger partial charge in [0.1, 0.15) is 11.5 Å². The third kappa shape index (κ3) is 6.25. The molecule has 92 valence electrons. The maximum atomic E-state index is 11.5. The van der Waals surface area contributed by atoms with E-state index in [1.165, 1.54) is 6.08 Å². The molecule has 0 aliphatic heterocycles. The summed E-state index contributed by atoms with van der Waals surface area (Å²) in [6.07, 6.45) is 0.767. The van der Waals surface area contributed by atoms with E-state index in [0.29, 0.717) is 0 Å². The maximum absolute atomic E-state index is 11.5. The number of ether oxygens (including phenoxy) is 1. The Kier molecular flexibility index (Phi) is 4.76. The normalized spacial score (nSPS) is 13.6. The summed E-state index contributed by atoms with van der Waals surface area (Å²) >= 11 is 0. The fourth-order valence-corrected chi connectivity index (χ4v) is 1.01. The Morgan fingerprint density at radius 1 is 1.25 bits per heavy atom. The zero-order valence-corrected chi connectivity index (χ0v) is 10.9. The number of carbonyl (C=O) groups excluding carboxylic acids is 2. The zero-order chi connectivity index (χ0) is 13.0. The Morgan fingerprint density at radius 3 is 2.06 bits per heavy atom. The first kappa shape index (κ1) is 14.7. The second kappa shape index (κ2) is 5.17. The smallest absolute Gasteiger partial charge is 0.408 e. The fourth-order valence-electron chi connectivity index (χ4n) is 1.01. The van der Waals surface area contributed by atoms with Gasteiger partial charge in [-0.2, -0.15) is 0 Å². The molecule has 0 heterocycles. The van der Waals surface area contributed by atoms with Crippen LogP contribution in [0.15, 0.2) is 6.08 Å². The van der Waals surface area contributed by atoms with Crippen LogP contribution in [0.3, 0.4) is 0 Å². The minimum atomic E-state index is -0.544. The van der Waals surface area contributed by atoms with Gasteiger partial charge >= 0.3 is 6.09 Å². The molecule has 0 aromatic heterocycles. The van der Waals surface area contributed by atoms with Crippen LogP contribution < -0.4 is 5.32 Å². The van der Waals surface area contributed by atoms with Crippen LogP contribution in [0.25, 0.3) is 0 Å². The number of rotatable bonds is 2. The largest absolute Gasteiger partial charge is 0.444 e. The molecule has 0 spiro atoms. The van der Waals surface area contributed by atoms with E-state index >= 15 is 0 Å². The van der Waals surface area contributed by atoms with Crippen molar-refractivity contribution in [3.05, 3.63) is 6.08 Å². The number of carbonyl (C=O) groups is 1. The minimum absolute atomic E-state index is 0.256. The molecule has 0 saturated carbocycles. The SMILES string of the molecule is CC(C)(C)OC(=O)N[C@H](C=C=O)C(C)(C)C. The molecule has 0 aliphatic carbocycles. The molecule has 4 nitrogen and oxygen atoms in total. The van der Waals surface area contributed by atoms with E-state index < -0.39 is 11.7 Å². The summed E-state index contributed by atoms with van der Waals surface area (Å²) in [4.78, 5) is 21.9. The van der Waals surface area contributed by atoms with Crippen LogP contribution in [0.2, 0.25) is 0 Å². The molecule has 1 N–H and O–H groups in total. The van der Waals surface area contributed by atoms with Gasteiger partial charge < -0.3 is 10.1 Å². The molecule has 16 heavy (non-hydrogen) atoms. The van der Waals surface area contributed by atoms with Gasteiger partial charge in [0.15, 0.2) is 0 Å². The van der Waals surface area contributed by atoms with E-state index in [0.717, 1.165) is 0 Å². The molecular weight excluding hydrogens is 206 g/mol. The molecule has 0 unspecified atom stereocenters. The van der Waals surface area contributed by atoms with Crippen molar-refractivity contribution in [2.75, 3.05) is 0 Å². The summed E-state index contributed by atoms with van der Waals surface area (Å²) in [7, 11) is 0. The van der Waals surface area contributed by atoms with Crippen molar-refractivity contribution in [3.63, 3.8) is 0 Å². The van der Waals surface area contributed by atoms with Gasteiger partial charge in [-0.25, -0.2) is 9.59 Å². The molecule has 1 amide bonds. The number of amides is 1. The summed E-state index contributed by atoms with van der Waals surface area (Å²) in [5.74, 6) is 1.70. The number of hydrogen-bond acceptors (Lipinski definition) is 3. The van der Waals surface area contributed by atoms with E-state index in [4.69, 9.17) is 4.74 Å². The summed E-state index contributed by atoms with van der Waals surface area (Å²) < 4.78 is 5.11. The second-order valence-electron chi connectivity index (χ2n) is 5.77. The molecule has 1 atom stereocenters. The average Bonchev–Trinajstić information content (AvgIpc) is 1.97. The Balaban J connectivity index is 4.54. The highest BCUT2D eigenvalue weighted by Gasteiger charge is 2.26. The van der Waals surface area contributed by atoms with Gasteiger partial charge in [0.05, 0.1) is 6.04 Å². The maximum Gasteiger partial charge on any atom is 0.408 e. The quantitative estimate of drug-likeness (QED) is 0.736. The molecule has 0 rings (SSSR count). The summed E-state index contributed by atoms with van der Waals surface area (Å²) in [6.45, 7) is 11.1. The molecular formula is C12H21NO3. The number of alkyl carbamates (subject to hydrolysis) is 1. The number of nitrogens with one attached hydrogen (secondary N) is 1. The van der Waals surface area contributed by atoms with Crippen molar-refractivity contribution in [1.82, 2.24) is 5.32 Å².